The molecule has 1 aromatic rings. The Labute approximate surface area is 114 Å². The second-order valence-corrected chi connectivity index (χ2v) is 3.92. The van der Waals surface area contributed by atoms with Crippen molar-refractivity contribution in [2.24, 2.45) is 0 Å². The quantitative estimate of drug-likeness (QED) is 0.663. The Bertz CT molecular complexity index is 454. The van der Waals surface area contributed by atoms with Crippen molar-refractivity contribution in [3.8, 4) is 0 Å². The first-order chi connectivity index (χ1) is 8.54. The van der Waals surface area contributed by atoms with E-state index < -0.39 is 11.9 Å². The molecule has 0 saturated carbocycles. The molecule has 98 valence electrons. The number of nitrogens with one attached hydrogen (secondary N) is 1. The van der Waals surface area contributed by atoms with Crippen molar-refractivity contribution >= 4 is 40.9 Å². The number of esters is 1. The molecule has 0 aliphatic heterocycles. The highest BCUT2D eigenvalue weighted by Crippen LogP contribution is 2.25. The van der Waals surface area contributed by atoms with Gasteiger partial charge in [0.05, 0.1) is 13.0 Å². The average Bonchev–Trinajstić information content (AvgIpc) is 2.33. The van der Waals surface area contributed by atoms with E-state index in [0.29, 0.717) is 0 Å². The molecule has 1 heterocycles. The first kappa shape index (κ1) is 14.7. The summed E-state index contributed by atoms with van der Waals surface area (Å²) in [6.07, 6.45) is 1.15. The van der Waals surface area contributed by atoms with Crippen molar-refractivity contribution in [1.82, 2.24) is 9.97 Å². The van der Waals surface area contributed by atoms with Gasteiger partial charge in [-0.3, -0.25) is 9.59 Å². The topological polar surface area (TPSA) is 81.2 Å². The number of hydrogen-bond donors (Lipinski definition) is 1. The summed E-state index contributed by atoms with van der Waals surface area (Å²) in [5.74, 6) is -0.718. The van der Waals surface area contributed by atoms with Crippen LogP contribution in [-0.4, -0.2) is 28.5 Å². The van der Waals surface area contributed by atoms with E-state index in [-0.39, 0.29) is 35.4 Å². The standard InChI is InChI=1S/C10H11Cl2N3O3/c1-2-18-7(17)4-3-6(16)15-10-8(11)9(12)13-5-14-10/h5H,2-4H2,1H3,(H,13,14,15,16). The van der Waals surface area contributed by atoms with Gasteiger partial charge in [-0.2, -0.15) is 0 Å². The van der Waals surface area contributed by atoms with E-state index in [0.717, 1.165) is 0 Å². The normalized spacial score (nSPS) is 9.94. The Morgan fingerprint density at radius 3 is 2.72 bits per heavy atom. The van der Waals surface area contributed by atoms with Gasteiger partial charge in [-0.15, -0.1) is 0 Å². The number of aromatic nitrogens is 2. The number of halogens is 2. The fraction of sp³-hybridized carbons (Fsp3) is 0.400. The summed E-state index contributed by atoms with van der Waals surface area (Å²) < 4.78 is 4.69. The van der Waals surface area contributed by atoms with Gasteiger partial charge < -0.3 is 10.1 Å². The summed E-state index contributed by atoms with van der Waals surface area (Å²) >= 11 is 11.4. The zero-order chi connectivity index (χ0) is 13.5. The molecule has 0 aliphatic rings. The second kappa shape index (κ2) is 7.13. The van der Waals surface area contributed by atoms with Gasteiger partial charge >= 0.3 is 5.97 Å². The molecule has 1 aromatic heterocycles. The maximum Gasteiger partial charge on any atom is 0.306 e. The van der Waals surface area contributed by atoms with E-state index in [9.17, 15) is 9.59 Å². The monoisotopic (exact) mass is 291 g/mol. The maximum absolute atomic E-state index is 11.5. The minimum atomic E-state index is -0.431. The lowest BCUT2D eigenvalue weighted by molar-refractivity contribution is -0.144. The zero-order valence-electron chi connectivity index (χ0n) is 9.57. The number of rotatable bonds is 5. The number of anilines is 1. The van der Waals surface area contributed by atoms with Crippen LogP contribution >= 0.6 is 23.2 Å². The third kappa shape index (κ3) is 4.46. The van der Waals surface area contributed by atoms with E-state index >= 15 is 0 Å². The molecule has 0 saturated heterocycles. The van der Waals surface area contributed by atoms with Crippen LogP contribution in [0.25, 0.3) is 0 Å². The lowest BCUT2D eigenvalue weighted by atomic mass is 10.3. The number of hydrogen-bond acceptors (Lipinski definition) is 5. The fourth-order valence-electron chi connectivity index (χ4n) is 1.08. The van der Waals surface area contributed by atoms with Crippen LogP contribution in [0.5, 0.6) is 0 Å². The molecule has 6 nitrogen and oxygen atoms in total. The SMILES string of the molecule is CCOC(=O)CCC(=O)Nc1ncnc(Cl)c1Cl. The van der Waals surface area contributed by atoms with E-state index in [2.05, 4.69) is 15.3 Å². The summed E-state index contributed by atoms with van der Waals surface area (Å²) in [7, 11) is 0. The molecule has 1 N–H and O–H groups in total. The van der Waals surface area contributed by atoms with Gasteiger partial charge in [0, 0.05) is 6.42 Å². The van der Waals surface area contributed by atoms with Crippen LogP contribution in [0.4, 0.5) is 5.82 Å². The molecule has 0 fully saturated rings. The first-order valence-electron chi connectivity index (χ1n) is 5.16. The highest BCUT2D eigenvalue weighted by molar-refractivity contribution is 6.42. The van der Waals surface area contributed by atoms with E-state index in [1.54, 1.807) is 6.92 Å². The molecule has 0 unspecified atom stereocenters. The third-order valence-electron chi connectivity index (χ3n) is 1.87. The van der Waals surface area contributed by atoms with Gasteiger partial charge in [0.15, 0.2) is 11.0 Å². The Hall–Kier alpha value is -1.40. The van der Waals surface area contributed by atoms with Crippen molar-refractivity contribution < 1.29 is 14.3 Å². The average molecular weight is 292 g/mol. The molecule has 0 atom stereocenters. The highest BCUT2D eigenvalue weighted by Gasteiger charge is 2.12. The van der Waals surface area contributed by atoms with Gasteiger partial charge in [0.2, 0.25) is 5.91 Å². The zero-order valence-corrected chi connectivity index (χ0v) is 11.1. The molecular formula is C10H11Cl2N3O3. The lowest BCUT2D eigenvalue weighted by Gasteiger charge is -2.06. The summed E-state index contributed by atoms with van der Waals surface area (Å²) in [4.78, 5) is 30.0. The van der Waals surface area contributed by atoms with Crippen molar-refractivity contribution in [3.63, 3.8) is 0 Å². The van der Waals surface area contributed by atoms with Crippen LogP contribution < -0.4 is 5.32 Å². The van der Waals surface area contributed by atoms with Crippen molar-refractivity contribution in [1.29, 1.82) is 0 Å². The summed E-state index contributed by atoms with van der Waals surface area (Å²) in [6, 6.07) is 0. The van der Waals surface area contributed by atoms with Crippen molar-refractivity contribution in [3.05, 3.63) is 16.5 Å². The lowest BCUT2D eigenvalue weighted by Crippen LogP contribution is -2.15. The molecule has 0 radical (unpaired) electrons. The molecule has 8 heteroatoms. The molecule has 0 bridgehead atoms. The predicted octanol–water partition coefficient (Wildman–Crippen LogP) is 2.07. The van der Waals surface area contributed by atoms with Gasteiger partial charge in [-0.25, -0.2) is 9.97 Å². The molecule has 0 aliphatic carbocycles. The number of carbonyl (C=O) groups is 2. The van der Waals surface area contributed by atoms with Gasteiger partial charge in [-0.05, 0) is 6.92 Å². The minimum Gasteiger partial charge on any atom is -0.466 e. The number of nitrogens with zero attached hydrogens (tertiary/aromatic N) is 2. The number of ether oxygens (including phenoxy) is 1. The van der Waals surface area contributed by atoms with Gasteiger partial charge in [0.1, 0.15) is 11.3 Å². The number of amides is 1. The predicted molar refractivity (Wildman–Crippen MR) is 66.5 cm³/mol. The van der Waals surface area contributed by atoms with Crippen molar-refractivity contribution in [2.75, 3.05) is 11.9 Å². The van der Waals surface area contributed by atoms with Crippen LogP contribution in [0.2, 0.25) is 10.2 Å². The van der Waals surface area contributed by atoms with Crippen LogP contribution in [0.15, 0.2) is 6.33 Å². The van der Waals surface area contributed by atoms with Gasteiger partial charge in [0.25, 0.3) is 0 Å². The summed E-state index contributed by atoms with van der Waals surface area (Å²) in [6.45, 7) is 1.98. The summed E-state index contributed by atoms with van der Waals surface area (Å²) in [5.41, 5.74) is 0. The Kier molecular flexibility index (Phi) is 5.80. The van der Waals surface area contributed by atoms with Crippen LogP contribution in [0.1, 0.15) is 19.8 Å². The third-order valence-corrected chi connectivity index (χ3v) is 2.61. The smallest absolute Gasteiger partial charge is 0.306 e. The number of carbonyl (C=O) groups excluding carboxylic acids is 2. The van der Waals surface area contributed by atoms with Gasteiger partial charge in [-0.1, -0.05) is 23.2 Å². The van der Waals surface area contributed by atoms with Crippen molar-refractivity contribution in [2.45, 2.75) is 19.8 Å². The molecule has 18 heavy (non-hydrogen) atoms. The Balaban J connectivity index is 2.50. The van der Waals surface area contributed by atoms with Crippen LogP contribution in [0, 0.1) is 0 Å². The Morgan fingerprint density at radius 2 is 2.06 bits per heavy atom. The largest absolute Gasteiger partial charge is 0.466 e. The van der Waals surface area contributed by atoms with Crippen LogP contribution in [-0.2, 0) is 14.3 Å². The summed E-state index contributed by atoms with van der Waals surface area (Å²) in [5, 5.41) is 2.54. The van der Waals surface area contributed by atoms with Crippen LogP contribution in [0.3, 0.4) is 0 Å². The second-order valence-electron chi connectivity index (χ2n) is 3.18. The molecule has 1 amide bonds. The highest BCUT2D eigenvalue weighted by atomic mass is 35.5. The molecule has 1 rings (SSSR count). The molecule has 0 aromatic carbocycles. The Morgan fingerprint density at radius 1 is 1.33 bits per heavy atom. The first-order valence-corrected chi connectivity index (χ1v) is 5.91. The minimum absolute atomic E-state index is 0.00386. The fourth-order valence-corrected chi connectivity index (χ4v) is 1.36. The molecular weight excluding hydrogens is 281 g/mol. The van der Waals surface area contributed by atoms with E-state index in [1.807, 2.05) is 0 Å². The molecule has 0 spiro atoms. The van der Waals surface area contributed by atoms with E-state index in [4.69, 9.17) is 27.9 Å². The van der Waals surface area contributed by atoms with E-state index in [1.165, 1.54) is 6.33 Å². The maximum atomic E-state index is 11.5.